The van der Waals surface area contributed by atoms with E-state index < -0.39 is 0 Å². The molecule has 0 fully saturated rings. The van der Waals surface area contributed by atoms with E-state index >= 15 is 0 Å². The fourth-order valence-electron chi connectivity index (χ4n) is 3.18. The summed E-state index contributed by atoms with van der Waals surface area (Å²) in [7, 11) is 0. The van der Waals surface area contributed by atoms with Crippen LogP contribution in [0.5, 0.6) is 0 Å². The number of hydrogen-bond donors (Lipinski definition) is 0. The zero-order chi connectivity index (χ0) is 14.8. The first-order valence-corrected chi connectivity index (χ1v) is 7.67. The molecule has 0 nitrogen and oxygen atoms in total. The molecule has 0 amide bonds. The molecule has 0 heterocycles. The van der Waals surface area contributed by atoms with E-state index in [1.165, 1.54) is 33.4 Å². The van der Waals surface area contributed by atoms with Crippen LogP contribution in [0.4, 0.5) is 0 Å². The van der Waals surface area contributed by atoms with Gasteiger partial charge >= 0.3 is 0 Å². The Morgan fingerprint density at radius 3 is 2.33 bits per heavy atom. The molecule has 1 unspecified atom stereocenters. The van der Waals surface area contributed by atoms with E-state index in [-0.39, 0.29) is 0 Å². The maximum atomic E-state index is 2.35. The van der Waals surface area contributed by atoms with Crippen molar-refractivity contribution >= 4 is 0 Å². The minimum absolute atomic E-state index is 0.512. The van der Waals surface area contributed by atoms with Crippen molar-refractivity contribution in [1.29, 1.82) is 0 Å². The second-order valence-corrected chi connectivity index (χ2v) is 5.98. The molecule has 1 atom stereocenters. The van der Waals surface area contributed by atoms with Crippen LogP contribution in [0.25, 0.3) is 11.1 Å². The van der Waals surface area contributed by atoms with Crippen LogP contribution in [-0.4, -0.2) is 0 Å². The summed E-state index contributed by atoms with van der Waals surface area (Å²) in [6.45, 7) is 6.62. The summed E-state index contributed by atoms with van der Waals surface area (Å²) in [6.07, 6.45) is 8.04. The Morgan fingerprint density at radius 1 is 0.857 bits per heavy atom. The van der Waals surface area contributed by atoms with Crippen LogP contribution in [0.15, 0.2) is 66.3 Å². The van der Waals surface area contributed by atoms with E-state index in [2.05, 4.69) is 81.5 Å². The highest BCUT2D eigenvalue weighted by molar-refractivity contribution is 5.71. The molecule has 2 aromatic rings. The molecule has 106 valence electrons. The molecule has 0 aliphatic heterocycles. The highest BCUT2D eigenvalue weighted by Crippen LogP contribution is 2.34. The molecule has 0 saturated heterocycles. The average molecular weight is 274 g/mol. The summed E-state index contributed by atoms with van der Waals surface area (Å²) in [5, 5.41) is 0. The van der Waals surface area contributed by atoms with Gasteiger partial charge in [0.2, 0.25) is 0 Å². The SMILES string of the molecule is CC1=CCC(c2cccc(-c3ccccc3C)c2C)C=C1. The quantitative estimate of drug-likeness (QED) is 0.633. The molecule has 3 rings (SSSR count). The molecule has 0 radical (unpaired) electrons. The van der Waals surface area contributed by atoms with E-state index in [4.69, 9.17) is 0 Å². The lowest BCUT2D eigenvalue weighted by molar-refractivity contribution is 0.837. The fourth-order valence-corrected chi connectivity index (χ4v) is 3.18. The molecule has 1 aliphatic carbocycles. The highest BCUT2D eigenvalue weighted by Gasteiger charge is 2.15. The Labute approximate surface area is 127 Å². The van der Waals surface area contributed by atoms with Gasteiger partial charge in [-0.2, -0.15) is 0 Å². The van der Waals surface area contributed by atoms with Crippen LogP contribution in [0.2, 0.25) is 0 Å². The first-order chi connectivity index (χ1) is 10.2. The Hall–Kier alpha value is -2.08. The summed E-state index contributed by atoms with van der Waals surface area (Å²) >= 11 is 0. The Morgan fingerprint density at radius 2 is 1.62 bits per heavy atom. The number of rotatable bonds is 2. The van der Waals surface area contributed by atoms with Crippen molar-refractivity contribution in [1.82, 2.24) is 0 Å². The minimum Gasteiger partial charge on any atom is -0.0807 e. The molecular weight excluding hydrogens is 252 g/mol. The maximum absolute atomic E-state index is 2.35. The van der Waals surface area contributed by atoms with Gasteiger partial charge in [0.15, 0.2) is 0 Å². The van der Waals surface area contributed by atoms with Gasteiger partial charge in [-0.15, -0.1) is 0 Å². The maximum Gasteiger partial charge on any atom is 0.00587 e. The molecule has 0 aromatic heterocycles. The molecule has 0 bridgehead atoms. The van der Waals surface area contributed by atoms with Gasteiger partial charge < -0.3 is 0 Å². The minimum atomic E-state index is 0.512. The lowest BCUT2D eigenvalue weighted by Gasteiger charge is -2.20. The van der Waals surface area contributed by atoms with Crippen molar-refractivity contribution in [2.24, 2.45) is 0 Å². The normalized spacial score (nSPS) is 17.7. The third-order valence-corrected chi connectivity index (χ3v) is 4.50. The van der Waals surface area contributed by atoms with Crippen molar-refractivity contribution in [3.8, 4) is 11.1 Å². The molecule has 0 spiro atoms. The number of hydrogen-bond acceptors (Lipinski definition) is 0. The predicted molar refractivity (Wildman–Crippen MR) is 91.6 cm³/mol. The fraction of sp³-hybridized carbons (Fsp3) is 0.238. The average Bonchev–Trinajstić information content (AvgIpc) is 2.50. The van der Waals surface area contributed by atoms with E-state index in [0.717, 1.165) is 6.42 Å². The van der Waals surface area contributed by atoms with Crippen molar-refractivity contribution in [3.05, 3.63) is 83.0 Å². The zero-order valence-electron chi connectivity index (χ0n) is 13.1. The van der Waals surface area contributed by atoms with Gasteiger partial charge in [0.25, 0.3) is 0 Å². The molecule has 0 N–H and O–H groups in total. The number of aryl methyl sites for hydroxylation is 1. The third kappa shape index (κ3) is 2.71. The van der Waals surface area contributed by atoms with Crippen LogP contribution in [0.3, 0.4) is 0 Å². The first-order valence-electron chi connectivity index (χ1n) is 7.67. The summed E-state index contributed by atoms with van der Waals surface area (Å²) in [5.74, 6) is 0.512. The van der Waals surface area contributed by atoms with Gasteiger partial charge in [0.05, 0.1) is 0 Å². The largest absolute Gasteiger partial charge is 0.0807 e. The summed E-state index contributed by atoms with van der Waals surface area (Å²) in [6, 6.07) is 15.4. The lowest BCUT2D eigenvalue weighted by Crippen LogP contribution is -2.02. The van der Waals surface area contributed by atoms with Crippen molar-refractivity contribution in [2.75, 3.05) is 0 Å². The standard InChI is InChI=1S/C21H22/c1-15-11-13-18(14-12-15)20-9-6-10-21(17(20)3)19-8-5-4-7-16(19)2/h4-13,18H,14H2,1-3H3. The van der Waals surface area contributed by atoms with Crippen LogP contribution in [-0.2, 0) is 0 Å². The molecular formula is C21H22. The van der Waals surface area contributed by atoms with E-state index in [1.807, 2.05) is 0 Å². The number of allylic oxidation sites excluding steroid dienone is 4. The van der Waals surface area contributed by atoms with Crippen molar-refractivity contribution in [3.63, 3.8) is 0 Å². The second kappa shape index (κ2) is 5.73. The van der Waals surface area contributed by atoms with Crippen LogP contribution in [0.1, 0.15) is 36.0 Å². The van der Waals surface area contributed by atoms with E-state index in [1.54, 1.807) is 0 Å². The van der Waals surface area contributed by atoms with Gasteiger partial charge in [-0.25, -0.2) is 0 Å². The Balaban J connectivity index is 2.04. The second-order valence-electron chi connectivity index (χ2n) is 5.98. The molecule has 21 heavy (non-hydrogen) atoms. The van der Waals surface area contributed by atoms with Gasteiger partial charge in [-0.3, -0.25) is 0 Å². The molecule has 1 aliphatic rings. The lowest BCUT2D eigenvalue weighted by atomic mass is 9.84. The number of benzene rings is 2. The molecule has 0 heteroatoms. The van der Waals surface area contributed by atoms with Gasteiger partial charge in [0, 0.05) is 5.92 Å². The van der Waals surface area contributed by atoms with Gasteiger partial charge in [-0.05, 0) is 55.0 Å². The molecule has 0 saturated carbocycles. The van der Waals surface area contributed by atoms with Crippen LogP contribution in [0, 0.1) is 13.8 Å². The summed E-state index contributed by atoms with van der Waals surface area (Å²) in [5.41, 5.74) is 8.30. The van der Waals surface area contributed by atoms with Gasteiger partial charge in [0.1, 0.15) is 0 Å². The Kier molecular flexibility index (Phi) is 3.79. The van der Waals surface area contributed by atoms with Crippen LogP contribution < -0.4 is 0 Å². The van der Waals surface area contributed by atoms with Crippen LogP contribution >= 0.6 is 0 Å². The topological polar surface area (TPSA) is 0 Å². The Bertz CT molecular complexity index is 717. The van der Waals surface area contributed by atoms with Gasteiger partial charge in [-0.1, -0.05) is 66.3 Å². The first kappa shape index (κ1) is 13.9. The summed E-state index contributed by atoms with van der Waals surface area (Å²) < 4.78 is 0. The van der Waals surface area contributed by atoms with Crippen molar-refractivity contribution in [2.45, 2.75) is 33.1 Å². The highest BCUT2D eigenvalue weighted by atomic mass is 14.2. The monoisotopic (exact) mass is 274 g/mol. The predicted octanol–water partition coefficient (Wildman–Crippen LogP) is 5.96. The smallest absolute Gasteiger partial charge is 0.00587 e. The van der Waals surface area contributed by atoms with Crippen molar-refractivity contribution < 1.29 is 0 Å². The van der Waals surface area contributed by atoms with E-state index in [0.29, 0.717) is 5.92 Å². The van der Waals surface area contributed by atoms with E-state index in [9.17, 15) is 0 Å². The molecule has 2 aromatic carbocycles. The zero-order valence-corrected chi connectivity index (χ0v) is 13.1. The summed E-state index contributed by atoms with van der Waals surface area (Å²) in [4.78, 5) is 0. The third-order valence-electron chi connectivity index (χ3n) is 4.50.